The van der Waals surface area contributed by atoms with Crippen molar-refractivity contribution in [2.45, 2.75) is 64.3 Å². The Balaban J connectivity index is 2.03. The van der Waals surface area contributed by atoms with Crippen LogP contribution < -0.4 is 0 Å². The van der Waals surface area contributed by atoms with E-state index in [1.54, 1.807) is 0 Å². The molecule has 21 heavy (non-hydrogen) atoms. The summed E-state index contributed by atoms with van der Waals surface area (Å²) in [7, 11) is 2.18. The zero-order valence-corrected chi connectivity index (χ0v) is 13.8. The van der Waals surface area contributed by atoms with Gasteiger partial charge in [-0.15, -0.1) is 0 Å². The number of likely N-dealkylation sites (tertiary alicyclic amines) is 1. The monoisotopic (exact) mass is 289 g/mol. The van der Waals surface area contributed by atoms with Gasteiger partial charge in [0.15, 0.2) is 5.78 Å². The first-order valence-electron chi connectivity index (χ1n) is 8.21. The van der Waals surface area contributed by atoms with E-state index in [1.807, 2.05) is 0 Å². The maximum absolute atomic E-state index is 12.4. The van der Waals surface area contributed by atoms with Gasteiger partial charge in [-0.25, -0.2) is 0 Å². The van der Waals surface area contributed by atoms with Gasteiger partial charge in [0.2, 0.25) is 0 Å². The van der Waals surface area contributed by atoms with Gasteiger partial charge in [0.25, 0.3) is 0 Å². The van der Waals surface area contributed by atoms with E-state index >= 15 is 0 Å². The van der Waals surface area contributed by atoms with Gasteiger partial charge < -0.3 is 4.90 Å². The van der Waals surface area contributed by atoms with Gasteiger partial charge in [-0.05, 0) is 45.8 Å². The van der Waals surface area contributed by atoms with E-state index in [1.165, 1.54) is 5.69 Å². The van der Waals surface area contributed by atoms with Gasteiger partial charge in [0, 0.05) is 17.5 Å². The predicted octanol–water partition coefficient (Wildman–Crippen LogP) is 2.97. The molecule has 0 amide bonds. The SMILES string of the molecule is CN1CCC(n2nc(C(C)(C)C)c3c2CCCC3=O)CC1. The predicted molar refractivity (Wildman–Crippen MR) is 84.0 cm³/mol. The normalized spacial score (nSPS) is 21.6. The number of carbonyl (C=O) groups is 1. The molecule has 1 saturated heterocycles. The average molecular weight is 289 g/mol. The minimum absolute atomic E-state index is 0.0617. The summed E-state index contributed by atoms with van der Waals surface area (Å²) in [4.78, 5) is 14.8. The number of ketones is 1. The molecule has 0 unspecified atom stereocenters. The van der Waals surface area contributed by atoms with Crippen LogP contribution in [0.3, 0.4) is 0 Å². The van der Waals surface area contributed by atoms with Crippen molar-refractivity contribution < 1.29 is 4.79 Å². The van der Waals surface area contributed by atoms with Gasteiger partial charge in [0.05, 0.1) is 17.3 Å². The van der Waals surface area contributed by atoms with Gasteiger partial charge in [0.1, 0.15) is 0 Å². The molecule has 0 atom stereocenters. The minimum Gasteiger partial charge on any atom is -0.306 e. The fourth-order valence-electron chi connectivity index (χ4n) is 3.61. The number of hydrogen-bond acceptors (Lipinski definition) is 3. The van der Waals surface area contributed by atoms with Crippen molar-refractivity contribution in [1.82, 2.24) is 14.7 Å². The Morgan fingerprint density at radius 3 is 2.43 bits per heavy atom. The third kappa shape index (κ3) is 2.66. The molecule has 0 N–H and O–H groups in total. The number of carbonyl (C=O) groups excluding carboxylic acids is 1. The van der Waals surface area contributed by atoms with Crippen molar-refractivity contribution in [2.75, 3.05) is 20.1 Å². The molecule has 0 radical (unpaired) electrons. The number of aromatic nitrogens is 2. The van der Waals surface area contributed by atoms with Crippen LogP contribution in [0.4, 0.5) is 0 Å². The molecule has 4 nitrogen and oxygen atoms in total. The molecule has 1 fully saturated rings. The fraction of sp³-hybridized carbons (Fsp3) is 0.765. The molecule has 116 valence electrons. The number of hydrogen-bond donors (Lipinski definition) is 0. The summed E-state index contributed by atoms with van der Waals surface area (Å²) in [5.41, 5.74) is 3.12. The Morgan fingerprint density at radius 1 is 1.14 bits per heavy atom. The first-order valence-corrected chi connectivity index (χ1v) is 8.21. The van der Waals surface area contributed by atoms with Crippen LogP contribution >= 0.6 is 0 Å². The largest absolute Gasteiger partial charge is 0.306 e. The van der Waals surface area contributed by atoms with Crippen molar-refractivity contribution in [3.63, 3.8) is 0 Å². The van der Waals surface area contributed by atoms with Crippen LogP contribution in [-0.2, 0) is 11.8 Å². The van der Waals surface area contributed by atoms with E-state index in [0.29, 0.717) is 18.2 Å². The van der Waals surface area contributed by atoms with Gasteiger partial charge in [-0.1, -0.05) is 20.8 Å². The van der Waals surface area contributed by atoms with Crippen LogP contribution in [-0.4, -0.2) is 40.6 Å². The summed E-state index contributed by atoms with van der Waals surface area (Å²) in [6, 6.07) is 0.469. The maximum atomic E-state index is 12.4. The Bertz CT molecular complexity index is 545. The number of nitrogens with zero attached hydrogens (tertiary/aromatic N) is 3. The molecule has 3 rings (SSSR count). The Hall–Kier alpha value is -1.16. The average Bonchev–Trinajstić information content (AvgIpc) is 2.81. The van der Waals surface area contributed by atoms with Crippen molar-refractivity contribution in [3.8, 4) is 0 Å². The van der Waals surface area contributed by atoms with E-state index in [9.17, 15) is 4.79 Å². The minimum atomic E-state index is -0.0617. The summed E-state index contributed by atoms with van der Waals surface area (Å²) in [6.45, 7) is 8.74. The number of piperidine rings is 1. The molecule has 0 spiro atoms. The van der Waals surface area contributed by atoms with E-state index in [4.69, 9.17) is 5.10 Å². The van der Waals surface area contributed by atoms with Crippen LogP contribution in [0.1, 0.15) is 74.2 Å². The standard InChI is InChI=1S/C17H27N3O/c1-17(2,3)16-15-13(6-5-7-14(15)21)20(18-16)12-8-10-19(4)11-9-12/h12H,5-11H2,1-4H3. The molecule has 1 aliphatic heterocycles. The first-order chi connectivity index (χ1) is 9.88. The van der Waals surface area contributed by atoms with Crippen LogP contribution in [0.2, 0.25) is 0 Å². The second-order valence-corrected chi connectivity index (χ2v) is 7.68. The van der Waals surface area contributed by atoms with Crippen LogP contribution in [0, 0.1) is 0 Å². The molecule has 1 aliphatic carbocycles. The zero-order valence-electron chi connectivity index (χ0n) is 13.8. The van der Waals surface area contributed by atoms with Gasteiger partial charge >= 0.3 is 0 Å². The Kier molecular flexibility index (Phi) is 3.68. The van der Waals surface area contributed by atoms with E-state index in [0.717, 1.165) is 50.0 Å². The van der Waals surface area contributed by atoms with Crippen LogP contribution in [0.25, 0.3) is 0 Å². The molecule has 2 heterocycles. The topological polar surface area (TPSA) is 38.1 Å². The summed E-state index contributed by atoms with van der Waals surface area (Å²) in [5.74, 6) is 0.306. The molecule has 1 aromatic heterocycles. The highest BCUT2D eigenvalue weighted by molar-refractivity contribution is 5.99. The zero-order chi connectivity index (χ0) is 15.2. The molecule has 0 bridgehead atoms. The number of rotatable bonds is 1. The maximum Gasteiger partial charge on any atom is 0.166 e. The quantitative estimate of drug-likeness (QED) is 0.798. The van der Waals surface area contributed by atoms with Gasteiger partial charge in [-0.2, -0.15) is 5.10 Å². The highest BCUT2D eigenvalue weighted by Gasteiger charge is 2.34. The Morgan fingerprint density at radius 2 is 1.81 bits per heavy atom. The third-order valence-corrected chi connectivity index (χ3v) is 4.85. The van der Waals surface area contributed by atoms with E-state index in [2.05, 4.69) is 37.4 Å². The molecule has 1 aromatic rings. The lowest BCUT2D eigenvalue weighted by Gasteiger charge is -2.30. The third-order valence-electron chi connectivity index (χ3n) is 4.85. The highest BCUT2D eigenvalue weighted by Crippen LogP contribution is 2.35. The van der Waals surface area contributed by atoms with E-state index in [-0.39, 0.29) is 5.41 Å². The number of fused-ring (bicyclic) bond motifs is 1. The molecule has 0 aromatic carbocycles. The summed E-state index contributed by atoms with van der Waals surface area (Å²) < 4.78 is 2.22. The van der Waals surface area contributed by atoms with Crippen molar-refractivity contribution in [3.05, 3.63) is 17.0 Å². The molecular formula is C17H27N3O. The molecule has 0 saturated carbocycles. The lowest BCUT2D eigenvalue weighted by molar-refractivity contribution is 0.0969. The van der Waals surface area contributed by atoms with Crippen molar-refractivity contribution in [1.29, 1.82) is 0 Å². The van der Waals surface area contributed by atoms with Crippen molar-refractivity contribution in [2.24, 2.45) is 0 Å². The first kappa shape index (κ1) is 14.8. The second-order valence-electron chi connectivity index (χ2n) is 7.68. The lowest BCUT2D eigenvalue weighted by atomic mass is 9.84. The highest BCUT2D eigenvalue weighted by atomic mass is 16.1. The lowest BCUT2D eigenvalue weighted by Crippen LogP contribution is -2.32. The smallest absolute Gasteiger partial charge is 0.166 e. The molecule has 2 aliphatic rings. The summed E-state index contributed by atoms with van der Waals surface area (Å²) >= 11 is 0. The van der Waals surface area contributed by atoms with Gasteiger partial charge in [-0.3, -0.25) is 9.48 Å². The summed E-state index contributed by atoms with van der Waals surface area (Å²) in [5, 5.41) is 4.94. The fourth-order valence-corrected chi connectivity index (χ4v) is 3.61. The van der Waals surface area contributed by atoms with Crippen LogP contribution in [0.15, 0.2) is 0 Å². The number of Topliss-reactive ketones (excluding diaryl/α,β-unsaturated/α-hetero) is 1. The van der Waals surface area contributed by atoms with E-state index < -0.39 is 0 Å². The molecule has 4 heteroatoms. The second kappa shape index (κ2) is 5.24. The van der Waals surface area contributed by atoms with Crippen LogP contribution in [0.5, 0.6) is 0 Å². The Labute approximate surface area is 127 Å². The molecular weight excluding hydrogens is 262 g/mol. The van der Waals surface area contributed by atoms with Crippen molar-refractivity contribution >= 4 is 5.78 Å². The summed E-state index contributed by atoms with van der Waals surface area (Å²) in [6.07, 6.45) is 4.96.